The maximum atomic E-state index is 12.9. The number of benzene rings is 2. The Hall–Kier alpha value is -4.10. The molecule has 0 radical (unpaired) electrons. The normalized spacial score (nSPS) is 11.7. The number of carbonyl (C=O) groups is 1. The van der Waals surface area contributed by atoms with E-state index in [4.69, 9.17) is 16.0 Å². The predicted octanol–water partition coefficient (Wildman–Crippen LogP) is 6.38. The van der Waals surface area contributed by atoms with Gasteiger partial charge in [-0.15, -0.1) is 0 Å². The lowest BCUT2D eigenvalue weighted by Gasteiger charge is -2.11. The quantitative estimate of drug-likeness (QED) is 0.199. The molecule has 0 aliphatic heterocycles. The Bertz CT molecular complexity index is 1320. The first-order valence-corrected chi connectivity index (χ1v) is 9.52. The van der Waals surface area contributed by atoms with E-state index in [1.54, 1.807) is 19.1 Å². The zero-order valence-corrected chi connectivity index (χ0v) is 17.5. The third-order valence-corrected chi connectivity index (χ3v) is 4.84. The maximum absolute atomic E-state index is 12.9. The summed E-state index contributed by atoms with van der Waals surface area (Å²) in [6.45, 7) is 1.66. The average Bonchev–Trinajstić information content (AvgIpc) is 3.20. The van der Waals surface area contributed by atoms with Gasteiger partial charge in [-0.2, -0.15) is 18.4 Å². The molecule has 3 aromatic rings. The summed E-state index contributed by atoms with van der Waals surface area (Å²) >= 11 is 5.87. The van der Waals surface area contributed by atoms with Crippen LogP contribution in [-0.2, 0) is 11.0 Å². The summed E-state index contributed by atoms with van der Waals surface area (Å²) < 4.78 is 44.4. The molecule has 0 saturated heterocycles. The van der Waals surface area contributed by atoms with Crippen LogP contribution in [0.5, 0.6) is 0 Å². The van der Waals surface area contributed by atoms with E-state index in [0.717, 1.165) is 18.2 Å². The highest BCUT2D eigenvalue weighted by Crippen LogP contribution is 2.34. The van der Waals surface area contributed by atoms with E-state index < -0.39 is 28.1 Å². The van der Waals surface area contributed by atoms with Gasteiger partial charge >= 0.3 is 6.18 Å². The van der Waals surface area contributed by atoms with Gasteiger partial charge < -0.3 is 9.73 Å². The third-order valence-electron chi connectivity index (χ3n) is 4.51. The highest BCUT2D eigenvalue weighted by molar-refractivity contribution is 6.34. The first kappa shape index (κ1) is 23.6. The molecular weight excluding hydrogens is 463 g/mol. The van der Waals surface area contributed by atoms with Crippen molar-refractivity contribution < 1.29 is 27.3 Å². The number of rotatable bonds is 5. The fourth-order valence-electron chi connectivity index (χ4n) is 2.89. The van der Waals surface area contributed by atoms with Crippen molar-refractivity contribution in [3.63, 3.8) is 0 Å². The highest BCUT2D eigenvalue weighted by Gasteiger charge is 2.31. The summed E-state index contributed by atoms with van der Waals surface area (Å²) in [4.78, 5) is 22.8. The molecule has 33 heavy (non-hydrogen) atoms. The summed E-state index contributed by atoms with van der Waals surface area (Å²) in [5.41, 5.74) is -0.701. The molecule has 0 fully saturated rings. The molecule has 0 unspecified atom stereocenters. The smallest absolute Gasteiger partial charge is 0.416 e. The molecule has 11 heteroatoms. The number of aryl methyl sites for hydroxylation is 1. The SMILES string of the molecule is Cc1cc([N+](=O)[O-])ccc1-c1ccc(C=C(C#N)C(=O)Nc2cc(C(F)(F)F)ccc2Cl)o1. The van der Waals surface area contributed by atoms with Gasteiger partial charge in [0.2, 0.25) is 0 Å². The molecule has 0 aliphatic rings. The van der Waals surface area contributed by atoms with Gasteiger partial charge in [-0.3, -0.25) is 14.9 Å². The van der Waals surface area contributed by atoms with E-state index in [2.05, 4.69) is 5.32 Å². The zero-order valence-electron chi connectivity index (χ0n) is 16.7. The molecule has 0 spiro atoms. The number of nitro benzene ring substituents is 1. The minimum atomic E-state index is -4.64. The Balaban J connectivity index is 1.85. The van der Waals surface area contributed by atoms with E-state index >= 15 is 0 Å². The number of halogens is 4. The van der Waals surface area contributed by atoms with E-state index in [-0.39, 0.29) is 22.2 Å². The topological polar surface area (TPSA) is 109 Å². The fourth-order valence-corrected chi connectivity index (χ4v) is 3.06. The van der Waals surface area contributed by atoms with Crippen LogP contribution in [0.2, 0.25) is 5.02 Å². The van der Waals surface area contributed by atoms with Gasteiger partial charge in [0, 0.05) is 23.8 Å². The molecule has 7 nitrogen and oxygen atoms in total. The van der Waals surface area contributed by atoms with Crippen LogP contribution >= 0.6 is 11.6 Å². The number of anilines is 1. The molecule has 3 rings (SSSR count). The van der Waals surface area contributed by atoms with Crippen LogP contribution in [0.25, 0.3) is 17.4 Å². The number of furan rings is 1. The molecule has 1 amide bonds. The minimum absolute atomic E-state index is 0.0837. The van der Waals surface area contributed by atoms with E-state index in [9.17, 15) is 33.3 Å². The largest absolute Gasteiger partial charge is 0.457 e. The Morgan fingerprint density at radius 2 is 1.94 bits per heavy atom. The van der Waals surface area contributed by atoms with Crippen molar-refractivity contribution in [3.8, 4) is 17.4 Å². The van der Waals surface area contributed by atoms with Crippen molar-refractivity contribution in [1.29, 1.82) is 5.26 Å². The summed E-state index contributed by atoms with van der Waals surface area (Å²) in [5.74, 6) is -0.528. The van der Waals surface area contributed by atoms with Crippen molar-refractivity contribution in [3.05, 3.63) is 86.1 Å². The van der Waals surface area contributed by atoms with Crippen molar-refractivity contribution in [1.82, 2.24) is 0 Å². The van der Waals surface area contributed by atoms with Crippen LogP contribution < -0.4 is 5.32 Å². The summed E-state index contributed by atoms with van der Waals surface area (Å²) in [6.07, 6.45) is -3.53. The molecule has 0 atom stereocenters. The van der Waals surface area contributed by atoms with Gasteiger partial charge in [-0.25, -0.2) is 0 Å². The molecular formula is C22H13ClF3N3O4. The second-order valence-electron chi connectivity index (χ2n) is 6.77. The Morgan fingerprint density at radius 3 is 2.55 bits per heavy atom. The van der Waals surface area contributed by atoms with E-state index in [1.165, 1.54) is 24.3 Å². The van der Waals surface area contributed by atoms with Crippen molar-refractivity contribution in [2.24, 2.45) is 0 Å². The second-order valence-corrected chi connectivity index (χ2v) is 7.18. The molecule has 1 heterocycles. The van der Waals surface area contributed by atoms with Crippen molar-refractivity contribution >= 4 is 35.0 Å². The lowest BCUT2D eigenvalue weighted by Crippen LogP contribution is -2.15. The Labute approximate surface area is 189 Å². The first-order valence-electron chi connectivity index (χ1n) is 9.14. The van der Waals surface area contributed by atoms with E-state index in [1.807, 2.05) is 0 Å². The van der Waals surface area contributed by atoms with Gasteiger partial charge in [-0.1, -0.05) is 11.6 Å². The first-order chi connectivity index (χ1) is 15.5. The number of hydrogen-bond acceptors (Lipinski definition) is 5. The second kappa shape index (κ2) is 9.18. The molecule has 0 aliphatic carbocycles. The van der Waals surface area contributed by atoms with Gasteiger partial charge in [-0.05, 0) is 48.9 Å². The number of alkyl halides is 3. The Kier molecular flexibility index (Phi) is 6.55. The van der Waals surface area contributed by atoms with Crippen LogP contribution in [0.15, 0.2) is 58.5 Å². The van der Waals surface area contributed by atoms with E-state index in [0.29, 0.717) is 23.0 Å². The Morgan fingerprint density at radius 1 is 1.21 bits per heavy atom. The monoisotopic (exact) mass is 475 g/mol. The number of nitrogens with one attached hydrogen (secondary N) is 1. The number of nitrogens with zero attached hydrogens (tertiary/aromatic N) is 2. The van der Waals surface area contributed by atoms with Crippen molar-refractivity contribution in [2.45, 2.75) is 13.1 Å². The molecule has 1 aromatic heterocycles. The van der Waals surface area contributed by atoms with Crippen LogP contribution in [0.3, 0.4) is 0 Å². The number of carbonyl (C=O) groups excluding carboxylic acids is 1. The number of amides is 1. The summed E-state index contributed by atoms with van der Waals surface area (Å²) in [7, 11) is 0. The molecule has 0 bridgehead atoms. The zero-order chi connectivity index (χ0) is 24.3. The average molecular weight is 476 g/mol. The van der Waals surface area contributed by atoms with Crippen LogP contribution in [0.1, 0.15) is 16.9 Å². The van der Waals surface area contributed by atoms with Crippen LogP contribution in [-0.4, -0.2) is 10.8 Å². The standard InChI is InChI=1S/C22H13ClF3N3O4/c1-12-8-15(29(31)32)3-5-17(12)20-7-4-16(33-20)9-13(11-27)21(30)28-19-10-14(22(24,25)26)2-6-18(19)23/h2-10H,1H3,(H,28,30). The highest BCUT2D eigenvalue weighted by atomic mass is 35.5. The molecule has 0 saturated carbocycles. The summed E-state index contributed by atoms with van der Waals surface area (Å²) in [5, 5.41) is 22.3. The summed E-state index contributed by atoms with van der Waals surface area (Å²) in [6, 6.07) is 11.3. The van der Waals surface area contributed by atoms with Gasteiger partial charge in [0.1, 0.15) is 23.2 Å². The van der Waals surface area contributed by atoms with Gasteiger partial charge in [0.25, 0.3) is 11.6 Å². The minimum Gasteiger partial charge on any atom is -0.457 e. The maximum Gasteiger partial charge on any atom is 0.416 e. The van der Waals surface area contributed by atoms with Crippen molar-refractivity contribution in [2.75, 3.05) is 5.32 Å². The third kappa shape index (κ3) is 5.39. The number of nitriles is 1. The lowest BCUT2D eigenvalue weighted by molar-refractivity contribution is -0.384. The number of non-ortho nitro benzene ring substituents is 1. The number of hydrogen-bond donors (Lipinski definition) is 1. The molecule has 1 N–H and O–H groups in total. The fraction of sp³-hybridized carbons (Fsp3) is 0.0909. The lowest BCUT2D eigenvalue weighted by atomic mass is 10.1. The predicted molar refractivity (Wildman–Crippen MR) is 114 cm³/mol. The number of nitro groups is 1. The molecule has 2 aromatic carbocycles. The van der Waals surface area contributed by atoms with Crippen LogP contribution in [0, 0.1) is 28.4 Å². The van der Waals surface area contributed by atoms with Gasteiger partial charge in [0.15, 0.2) is 0 Å². The van der Waals surface area contributed by atoms with Gasteiger partial charge in [0.05, 0.1) is 21.2 Å². The molecule has 168 valence electrons. The van der Waals surface area contributed by atoms with Crippen LogP contribution in [0.4, 0.5) is 24.5 Å².